The molecule has 0 saturated carbocycles. The van der Waals surface area contributed by atoms with Gasteiger partial charge in [0.25, 0.3) is 5.91 Å². The molecule has 3 N–H and O–H groups in total. The zero-order chi connectivity index (χ0) is 19.9. The number of benzene rings is 2. The molecule has 0 aromatic heterocycles. The summed E-state index contributed by atoms with van der Waals surface area (Å²) in [5, 5.41) is 7.57. The Kier molecular flexibility index (Phi) is 6.91. The lowest BCUT2D eigenvalue weighted by atomic mass is 10.2. The summed E-state index contributed by atoms with van der Waals surface area (Å²) in [5.74, 6) is -0.613. The highest BCUT2D eigenvalue weighted by atomic mass is 32.2. The summed E-state index contributed by atoms with van der Waals surface area (Å²) in [7, 11) is -3.75. The van der Waals surface area contributed by atoms with Gasteiger partial charge in [0.1, 0.15) is 5.75 Å². The van der Waals surface area contributed by atoms with Crippen molar-refractivity contribution in [1.82, 2.24) is 5.32 Å². The van der Waals surface area contributed by atoms with Crippen molar-refractivity contribution in [3.05, 3.63) is 59.7 Å². The number of rotatable bonds is 8. The maximum Gasteiger partial charge on any atom is 0.344 e. The molecule has 27 heavy (non-hydrogen) atoms. The second-order valence-electron chi connectivity index (χ2n) is 5.73. The third-order valence-electron chi connectivity index (χ3n) is 3.45. The number of hydrogen-bond acceptors (Lipinski definition) is 6. The quantitative estimate of drug-likeness (QED) is 0.643. The minimum atomic E-state index is -3.75. The van der Waals surface area contributed by atoms with Crippen LogP contribution in [0.3, 0.4) is 0 Å². The number of carbonyl (C=O) groups excluding carboxylic acids is 2. The van der Waals surface area contributed by atoms with Gasteiger partial charge in [-0.25, -0.2) is 18.4 Å². The zero-order valence-electron chi connectivity index (χ0n) is 14.7. The molecule has 2 rings (SSSR count). The minimum Gasteiger partial charge on any atom is -0.482 e. The Morgan fingerprint density at radius 3 is 2.41 bits per heavy atom. The second-order valence-corrected chi connectivity index (χ2v) is 7.29. The fraction of sp³-hybridized carbons (Fsp3) is 0.222. The molecular formula is C18H20N2O6S. The van der Waals surface area contributed by atoms with E-state index in [0.29, 0.717) is 11.3 Å². The van der Waals surface area contributed by atoms with E-state index in [0.717, 1.165) is 5.56 Å². The van der Waals surface area contributed by atoms with Crippen molar-refractivity contribution >= 4 is 21.9 Å². The van der Waals surface area contributed by atoms with Crippen LogP contribution < -0.4 is 15.2 Å². The Balaban J connectivity index is 1.70. The van der Waals surface area contributed by atoms with E-state index in [4.69, 9.17) is 14.6 Å². The van der Waals surface area contributed by atoms with Gasteiger partial charge in [0.2, 0.25) is 10.0 Å². The van der Waals surface area contributed by atoms with Crippen LogP contribution in [0.2, 0.25) is 0 Å². The average molecular weight is 392 g/mol. The SMILES string of the molecule is Cc1cccc(OCC(=O)OCC(=O)NCc2ccc(S(N)(=O)=O)cc2)c1. The second kappa shape index (κ2) is 9.15. The lowest BCUT2D eigenvalue weighted by molar-refractivity contribution is -0.150. The summed E-state index contributed by atoms with van der Waals surface area (Å²) in [6.45, 7) is 1.32. The largest absolute Gasteiger partial charge is 0.482 e. The number of sulfonamides is 1. The van der Waals surface area contributed by atoms with Gasteiger partial charge in [0.05, 0.1) is 4.90 Å². The monoisotopic (exact) mass is 392 g/mol. The van der Waals surface area contributed by atoms with Gasteiger partial charge < -0.3 is 14.8 Å². The molecule has 0 spiro atoms. The maximum absolute atomic E-state index is 11.7. The van der Waals surface area contributed by atoms with E-state index < -0.39 is 28.5 Å². The number of primary sulfonamides is 1. The summed E-state index contributed by atoms with van der Waals surface area (Å²) in [6.07, 6.45) is 0. The highest BCUT2D eigenvalue weighted by Crippen LogP contribution is 2.12. The molecule has 144 valence electrons. The predicted octanol–water partition coefficient (Wildman–Crippen LogP) is 0.881. The predicted molar refractivity (Wildman–Crippen MR) is 97.3 cm³/mol. The van der Waals surface area contributed by atoms with Gasteiger partial charge in [-0.3, -0.25) is 4.79 Å². The Morgan fingerprint density at radius 1 is 1.07 bits per heavy atom. The molecule has 0 radical (unpaired) electrons. The van der Waals surface area contributed by atoms with E-state index in [1.807, 2.05) is 13.0 Å². The molecule has 0 aliphatic rings. The first-order valence-electron chi connectivity index (χ1n) is 7.97. The maximum atomic E-state index is 11.7. The van der Waals surface area contributed by atoms with Crippen molar-refractivity contribution in [3.63, 3.8) is 0 Å². The average Bonchev–Trinajstić information content (AvgIpc) is 2.62. The van der Waals surface area contributed by atoms with Crippen LogP contribution in [-0.4, -0.2) is 33.5 Å². The molecule has 0 atom stereocenters. The van der Waals surface area contributed by atoms with Crippen molar-refractivity contribution in [3.8, 4) is 5.75 Å². The van der Waals surface area contributed by atoms with Crippen LogP contribution in [0, 0.1) is 6.92 Å². The summed E-state index contributed by atoms with van der Waals surface area (Å²) >= 11 is 0. The first-order valence-corrected chi connectivity index (χ1v) is 9.52. The molecular weight excluding hydrogens is 372 g/mol. The van der Waals surface area contributed by atoms with Crippen LogP contribution in [0.15, 0.2) is 53.4 Å². The highest BCUT2D eigenvalue weighted by Gasteiger charge is 2.10. The normalized spacial score (nSPS) is 10.9. The third-order valence-corrected chi connectivity index (χ3v) is 4.38. The fourth-order valence-corrected chi connectivity index (χ4v) is 2.60. The molecule has 0 saturated heterocycles. The molecule has 8 nitrogen and oxygen atoms in total. The van der Waals surface area contributed by atoms with E-state index in [1.165, 1.54) is 24.3 Å². The summed E-state index contributed by atoms with van der Waals surface area (Å²) in [6, 6.07) is 13.0. The van der Waals surface area contributed by atoms with Gasteiger partial charge in [0, 0.05) is 6.54 Å². The number of esters is 1. The lowest BCUT2D eigenvalue weighted by Crippen LogP contribution is -2.29. The van der Waals surface area contributed by atoms with Gasteiger partial charge in [0.15, 0.2) is 13.2 Å². The lowest BCUT2D eigenvalue weighted by Gasteiger charge is -2.08. The molecule has 0 unspecified atom stereocenters. The molecule has 2 aromatic carbocycles. The number of amides is 1. The van der Waals surface area contributed by atoms with Crippen LogP contribution in [-0.2, 0) is 30.9 Å². The van der Waals surface area contributed by atoms with Crippen LogP contribution in [0.4, 0.5) is 0 Å². The van der Waals surface area contributed by atoms with Crippen molar-refractivity contribution in [1.29, 1.82) is 0 Å². The highest BCUT2D eigenvalue weighted by molar-refractivity contribution is 7.89. The van der Waals surface area contributed by atoms with Crippen LogP contribution in [0.5, 0.6) is 5.75 Å². The number of nitrogens with one attached hydrogen (secondary N) is 1. The Morgan fingerprint density at radius 2 is 1.78 bits per heavy atom. The minimum absolute atomic E-state index is 0.0138. The number of nitrogens with two attached hydrogens (primary N) is 1. The van der Waals surface area contributed by atoms with Crippen LogP contribution in [0.1, 0.15) is 11.1 Å². The van der Waals surface area contributed by atoms with Gasteiger partial charge in [-0.2, -0.15) is 0 Å². The molecule has 0 aliphatic carbocycles. The van der Waals surface area contributed by atoms with Crippen molar-refractivity contribution in [2.24, 2.45) is 5.14 Å². The Bertz CT molecular complexity index is 910. The number of ether oxygens (including phenoxy) is 2. The summed E-state index contributed by atoms with van der Waals surface area (Å²) in [5.41, 5.74) is 1.67. The van der Waals surface area contributed by atoms with Crippen LogP contribution in [0.25, 0.3) is 0 Å². The molecule has 9 heteroatoms. The van der Waals surface area contributed by atoms with Gasteiger partial charge in [-0.1, -0.05) is 24.3 Å². The summed E-state index contributed by atoms with van der Waals surface area (Å²) in [4.78, 5) is 23.3. The van der Waals surface area contributed by atoms with Gasteiger partial charge in [-0.05, 0) is 42.3 Å². The van der Waals surface area contributed by atoms with Gasteiger partial charge >= 0.3 is 5.97 Å². The van der Waals surface area contributed by atoms with E-state index in [9.17, 15) is 18.0 Å². The van der Waals surface area contributed by atoms with Crippen molar-refractivity contribution in [2.45, 2.75) is 18.4 Å². The molecule has 0 bridgehead atoms. The fourth-order valence-electron chi connectivity index (χ4n) is 2.08. The number of carbonyl (C=O) groups is 2. The van der Waals surface area contributed by atoms with Crippen molar-refractivity contribution < 1.29 is 27.5 Å². The van der Waals surface area contributed by atoms with Crippen molar-refractivity contribution in [2.75, 3.05) is 13.2 Å². The van der Waals surface area contributed by atoms with E-state index in [-0.39, 0.29) is 18.0 Å². The number of aryl methyl sites for hydroxylation is 1. The zero-order valence-corrected chi connectivity index (χ0v) is 15.5. The van der Waals surface area contributed by atoms with E-state index in [1.54, 1.807) is 18.2 Å². The van der Waals surface area contributed by atoms with Gasteiger partial charge in [-0.15, -0.1) is 0 Å². The van der Waals surface area contributed by atoms with Crippen LogP contribution >= 0.6 is 0 Å². The van der Waals surface area contributed by atoms with E-state index in [2.05, 4.69) is 5.32 Å². The first kappa shape index (κ1) is 20.4. The third kappa shape index (κ3) is 7.08. The number of hydrogen-bond donors (Lipinski definition) is 2. The molecule has 1 amide bonds. The molecule has 0 aliphatic heterocycles. The topological polar surface area (TPSA) is 125 Å². The molecule has 0 fully saturated rings. The summed E-state index contributed by atoms with van der Waals surface area (Å²) < 4.78 is 32.5. The Labute approximate surface area is 157 Å². The van der Waals surface area contributed by atoms with E-state index >= 15 is 0 Å². The molecule has 0 heterocycles. The standard InChI is InChI=1S/C18H20N2O6S/c1-13-3-2-4-15(9-13)25-12-18(22)26-11-17(21)20-10-14-5-7-16(8-6-14)27(19,23)24/h2-9H,10-12H2,1H3,(H,20,21)(H2,19,23,24). The Hall–Kier alpha value is -2.91. The molecule has 2 aromatic rings. The first-order chi connectivity index (χ1) is 12.7. The smallest absolute Gasteiger partial charge is 0.344 e.